The van der Waals surface area contributed by atoms with Crippen molar-refractivity contribution in [3.8, 4) is 0 Å². The van der Waals surface area contributed by atoms with Crippen LogP contribution in [0, 0.1) is 0 Å². The monoisotopic (exact) mass is 468 g/mol. The predicted octanol–water partition coefficient (Wildman–Crippen LogP) is 1.41. The van der Waals surface area contributed by atoms with Gasteiger partial charge in [0.25, 0.3) is 5.56 Å². The van der Waals surface area contributed by atoms with Crippen molar-refractivity contribution < 1.29 is 31.5 Å². The molecule has 3 rings (SSSR count). The Balaban J connectivity index is 0.000000423. The number of carboxylic acids is 1. The average molecular weight is 468 g/mol. The van der Waals surface area contributed by atoms with Crippen LogP contribution in [0.2, 0.25) is 0 Å². The number of aromatic nitrogens is 2. The van der Waals surface area contributed by atoms with E-state index in [1.54, 1.807) is 10.6 Å². The van der Waals surface area contributed by atoms with E-state index >= 15 is 0 Å². The molecule has 31 heavy (non-hydrogen) atoms. The van der Waals surface area contributed by atoms with Crippen LogP contribution in [0.1, 0.15) is 44.6 Å². The Morgan fingerprint density at radius 2 is 1.90 bits per heavy atom. The molecule has 1 aromatic heterocycles. The summed E-state index contributed by atoms with van der Waals surface area (Å²) < 4.78 is 60.0. The van der Waals surface area contributed by atoms with Gasteiger partial charge in [-0.15, -0.1) is 0 Å². The number of fused-ring (bicyclic) bond motifs is 1. The van der Waals surface area contributed by atoms with E-state index in [0.29, 0.717) is 43.6 Å². The molecule has 0 atom stereocenters. The molecule has 13 heteroatoms. The smallest absolute Gasteiger partial charge is 0.475 e. The van der Waals surface area contributed by atoms with Gasteiger partial charge >= 0.3 is 12.1 Å². The first-order valence-corrected chi connectivity index (χ1v) is 11.3. The third-order valence-corrected chi connectivity index (χ3v) is 7.43. The molecule has 1 aliphatic carbocycles. The van der Waals surface area contributed by atoms with E-state index in [1.165, 1.54) is 4.31 Å². The molecule has 1 fully saturated rings. The minimum atomic E-state index is -5.08. The zero-order chi connectivity index (χ0) is 23.6. The molecule has 0 spiro atoms. The predicted molar refractivity (Wildman–Crippen MR) is 106 cm³/mol. The van der Waals surface area contributed by atoms with Crippen molar-refractivity contribution in [1.82, 2.24) is 18.8 Å². The summed E-state index contributed by atoms with van der Waals surface area (Å²) in [5.74, 6) is -2.19. The molecule has 1 saturated carbocycles. The SMILES string of the molecule is CC(C)N(C)Cc1cc(=O)n2c(n1)CN(S(=O)(=O)C1CC1)CCC2.O=C(O)C(F)(F)F. The molecule has 1 aliphatic heterocycles. The molecule has 2 aliphatic rings. The number of carbonyl (C=O) groups is 1. The van der Waals surface area contributed by atoms with E-state index in [1.807, 2.05) is 7.05 Å². The Hall–Kier alpha value is -1.99. The fourth-order valence-corrected chi connectivity index (χ4v) is 4.75. The Bertz CT molecular complexity index is 958. The van der Waals surface area contributed by atoms with Gasteiger partial charge in [0.2, 0.25) is 10.0 Å². The molecular weight excluding hydrogens is 441 g/mol. The van der Waals surface area contributed by atoms with Crippen LogP contribution in [0.15, 0.2) is 10.9 Å². The number of halogens is 3. The van der Waals surface area contributed by atoms with Gasteiger partial charge in [-0.1, -0.05) is 0 Å². The summed E-state index contributed by atoms with van der Waals surface area (Å²) in [7, 11) is -1.26. The maximum atomic E-state index is 12.5. The third-order valence-electron chi connectivity index (χ3n) is 5.09. The second-order valence-electron chi connectivity index (χ2n) is 7.90. The highest BCUT2D eigenvalue weighted by Gasteiger charge is 2.41. The molecule has 0 aromatic carbocycles. The fraction of sp³-hybridized carbons (Fsp3) is 0.722. The molecule has 1 aromatic rings. The van der Waals surface area contributed by atoms with Crippen molar-refractivity contribution in [3.63, 3.8) is 0 Å². The van der Waals surface area contributed by atoms with E-state index in [9.17, 15) is 26.4 Å². The zero-order valence-corrected chi connectivity index (χ0v) is 18.4. The topological polar surface area (TPSA) is 113 Å². The van der Waals surface area contributed by atoms with Gasteiger partial charge in [0.15, 0.2) is 0 Å². The van der Waals surface area contributed by atoms with Crippen molar-refractivity contribution in [1.29, 1.82) is 0 Å². The molecule has 9 nitrogen and oxygen atoms in total. The van der Waals surface area contributed by atoms with Crippen LogP contribution in [0.3, 0.4) is 0 Å². The Morgan fingerprint density at radius 1 is 1.32 bits per heavy atom. The van der Waals surface area contributed by atoms with Gasteiger partial charge in [-0.3, -0.25) is 14.3 Å². The summed E-state index contributed by atoms with van der Waals surface area (Å²) in [6.45, 7) is 5.94. The van der Waals surface area contributed by atoms with Crippen LogP contribution in [0.5, 0.6) is 0 Å². The molecule has 176 valence electrons. The minimum absolute atomic E-state index is 0.0853. The molecule has 0 unspecified atom stereocenters. The van der Waals surface area contributed by atoms with E-state index in [4.69, 9.17) is 9.90 Å². The lowest BCUT2D eigenvalue weighted by molar-refractivity contribution is -0.192. The number of hydrogen-bond donors (Lipinski definition) is 1. The van der Waals surface area contributed by atoms with Gasteiger partial charge in [0, 0.05) is 31.7 Å². The van der Waals surface area contributed by atoms with Crippen molar-refractivity contribution in [2.45, 2.75) is 70.2 Å². The quantitative estimate of drug-likeness (QED) is 0.695. The summed E-state index contributed by atoms with van der Waals surface area (Å²) in [6.07, 6.45) is -2.94. The lowest BCUT2D eigenvalue weighted by Crippen LogP contribution is -2.35. The van der Waals surface area contributed by atoms with Crippen LogP contribution >= 0.6 is 0 Å². The van der Waals surface area contributed by atoms with Gasteiger partial charge < -0.3 is 5.11 Å². The van der Waals surface area contributed by atoms with Crippen molar-refractivity contribution in [3.05, 3.63) is 27.9 Å². The van der Waals surface area contributed by atoms with Crippen LogP contribution < -0.4 is 5.56 Å². The van der Waals surface area contributed by atoms with Crippen LogP contribution in [0.25, 0.3) is 0 Å². The van der Waals surface area contributed by atoms with Crippen LogP contribution in [-0.2, 0) is 34.5 Å². The van der Waals surface area contributed by atoms with E-state index in [-0.39, 0.29) is 17.4 Å². The van der Waals surface area contributed by atoms with Crippen molar-refractivity contribution >= 4 is 16.0 Å². The first-order chi connectivity index (χ1) is 14.2. The molecule has 2 heterocycles. The number of aliphatic carboxylic acids is 1. The summed E-state index contributed by atoms with van der Waals surface area (Å²) in [5, 5.41) is 6.89. The number of sulfonamides is 1. The Morgan fingerprint density at radius 3 is 2.39 bits per heavy atom. The van der Waals surface area contributed by atoms with E-state index < -0.39 is 22.2 Å². The highest BCUT2D eigenvalue weighted by atomic mass is 32.2. The van der Waals surface area contributed by atoms with Gasteiger partial charge in [-0.05, 0) is 40.2 Å². The highest BCUT2D eigenvalue weighted by molar-refractivity contribution is 7.90. The summed E-state index contributed by atoms with van der Waals surface area (Å²) in [4.78, 5) is 28.0. The third kappa shape index (κ3) is 6.74. The second kappa shape index (κ2) is 9.65. The Labute approximate surface area is 178 Å². The number of hydrogen-bond acceptors (Lipinski definition) is 6. The van der Waals surface area contributed by atoms with Crippen molar-refractivity contribution in [2.24, 2.45) is 0 Å². The molecule has 1 N–H and O–H groups in total. The summed E-state index contributed by atoms with van der Waals surface area (Å²) >= 11 is 0. The zero-order valence-electron chi connectivity index (χ0n) is 17.6. The fourth-order valence-electron chi connectivity index (χ4n) is 2.92. The number of nitrogens with zero attached hydrogens (tertiary/aromatic N) is 4. The van der Waals surface area contributed by atoms with Crippen molar-refractivity contribution in [2.75, 3.05) is 13.6 Å². The van der Waals surface area contributed by atoms with E-state index in [0.717, 1.165) is 12.8 Å². The summed E-state index contributed by atoms with van der Waals surface area (Å²) in [5.41, 5.74) is 0.617. The lowest BCUT2D eigenvalue weighted by atomic mass is 10.3. The maximum absolute atomic E-state index is 12.5. The van der Waals surface area contributed by atoms with Gasteiger partial charge in [-0.25, -0.2) is 18.2 Å². The summed E-state index contributed by atoms with van der Waals surface area (Å²) in [6, 6.07) is 1.92. The number of carboxylic acid groups (broad SMARTS) is 1. The second-order valence-corrected chi connectivity index (χ2v) is 10.1. The lowest BCUT2D eigenvalue weighted by Gasteiger charge is -2.22. The van der Waals surface area contributed by atoms with Gasteiger partial charge in [0.1, 0.15) is 5.82 Å². The van der Waals surface area contributed by atoms with Gasteiger partial charge in [-0.2, -0.15) is 17.5 Å². The number of alkyl halides is 3. The maximum Gasteiger partial charge on any atom is 0.490 e. The molecule has 0 saturated heterocycles. The van der Waals surface area contributed by atoms with Gasteiger partial charge in [0.05, 0.1) is 17.5 Å². The number of rotatable bonds is 5. The standard InChI is InChI=1S/C16H26N4O3S.C2HF3O2/c1-12(2)18(3)10-13-9-16(21)20-8-4-7-19(11-15(20)17-13)24(22,23)14-5-6-14;3-2(4,5)1(6)7/h9,12,14H,4-8,10-11H2,1-3H3;(H,6,7). The molecule has 0 radical (unpaired) electrons. The normalized spacial score (nSPS) is 17.7. The largest absolute Gasteiger partial charge is 0.490 e. The first-order valence-electron chi connectivity index (χ1n) is 9.82. The molecule has 0 amide bonds. The molecule has 0 bridgehead atoms. The first kappa shape index (κ1) is 25.3. The highest BCUT2D eigenvalue weighted by Crippen LogP contribution is 2.32. The van der Waals surface area contributed by atoms with E-state index in [2.05, 4.69) is 23.7 Å². The van der Waals surface area contributed by atoms with Crippen LogP contribution in [-0.4, -0.2) is 69.3 Å². The van der Waals surface area contributed by atoms with Crippen LogP contribution in [0.4, 0.5) is 13.2 Å². The molecular formula is C18H27F3N4O5S. The average Bonchev–Trinajstić information content (AvgIpc) is 3.48. The Kier molecular flexibility index (Phi) is 7.87. The minimum Gasteiger partial charge on any atom is -0.475 e.